The van der Waals surface area contributed by atoms with Gasteiger partial charge in [0.2, 0.25) is 0 Å². The lowest BCUT2D eigenvalue weighted by atomic mass is 9.85. The second-order valence-electron chi connectivity index (χ2n) is 8.51. The molecule has 2 N–H and O–H groups in total. The number of rotatable bonds is 3. The Balaban J connectivity index is 1.94. The van der Waals surface area contributed by atoms with E-state index in [0.29, 0.717) is 34.9 Å². The minimum Gasteiger partial charge on any atom is -0.507 e. The summed E-state index contributed by atoms with van der Waals surface area (Å²) in [6, 6.07) is 7.93. The smallest absolute Gasteiger partial charge is 0.341 e. The molecule has 0 spiro atoms. The molecule has 156 valence electrons. The van der Waals surface area contributed by atoms with Gasteiger partial charge in [-0.15, -0.1) is 0 Å². The standard InChI is InChI=1S/C22H23N3O5/c1-22(2,3)20-11-25-17(16-9-19(27)14(21(28)29)10-24(16)20)8-15(23-25)13-7-12(30-4)5-6-18(13)26/h5-10,20,26H,11H2,1-4H3,(H,28,29)/t20-/m0/s1. The number of nitrogens with zero attached hydrogens (tertiary/aromatic N) is 3. The predicted molar refractivity (Wildman–Crippen MR) is 111 cm³/mol. The van der Waals surface area contributed by atoms with Crippen LogP contribution in [0.1, 0.15) is 37.2 Å². The minimum absolute atomic E-state index is 0.0669. The second kappa shape index (κ2) is 6.76. The summed E-state index contributed by atoms with van der Waals surface area (Å²) in [7, 11) is 1.55. The highest BCUT2D eigenvalue weighted by molar-refractivity contribution is 5.87. The summed E-state index contributed by atoms with van der Waals surface area (Å²) in [6.45, 7) is 6.67. The molecule has 0 bridgehead atoms. The Morgan fingerprint density at radius 3 is 2.57 bits per heavy atom. The molecule has 30 heavy (non-hydrogen) atoms. The first-order valence-electron chi connectivity index (χ1n) is 9.55. The number of phenols is 1. The molecular formula is C22H23N3O5. The number of carboxylic acid groups (broad SMARTS) is 1. The lowest BCUT2D eigenvalue weighted by molar-refractivity contribution is 0.0693. The van der Waals surface area contributed by atoms with E-state index in [1.165, 1.54) is 12.3 Å². The van der Waals surface area contributed by atoms with E-state index in [1.54, 1.807) is 36.1 Å². The number of aromatic nitrogens is 3. The van der Waals surface area contributed by atoms with Crippen LogP contribution in [0.25, 0.3) is 22.6 Å². The highest BCUT2D eigenvalue weighted by Gasteiger charge is 2.34. The molecule has 1 aliphatic heterocycles. The third kappa shape index (κ3) is 3.14. The van der Waals surface area contributed by atoms with Crippen molar-refractivity contribution in [3.63, 3.8) is 0 Å². The van der Waals surface area contributed by atoms with Gasteiger partial charge in [0.25, 0.3) is 0 Å². The van der Waals surface area contributed by atoms with Gasteiger partial charge in [0.1, 0.15) is 17.1 Å². The van der Waals surface area contributed by atoms with E-state index in [2.05, 4.69) is 25.9 Å². The van der Waals surface area contributed by atoms with Crippen LogP contribution in [0.2, 0.25) is 0 Å². The van der Waals surface area contributed by atoms with Crippen LogP contribution in [-0.4, -0.2) is 37.6 Å². The number of hydrogen-bond donors (Lipinski definition) is 2. The molecule has 8 heteroatoms. The number of hydrogen-bond acceptors (Lipinski definition) is 5. The molecule has 1 atom stereocenters. The molecule has 0 saturated heterocycles. The summed E-state index contributed by atoms with van der Waals surface area (Å²) in [5.74, 6) is -0.592. The van der Waals surface area contributed by atoms with Gasteiger partial charge in [-0.2, -0.15) is 5.10 Å². The summed E-state index contributed by atoms with van der Waals surface area (Å²) in [5.41, 5.74) is 1.30. The third-order valence-electron chi connectivity index (χ3n) is 5.51. The van der Waals surface area contributed by atoms with Gasteiger partial charge in [-0.05, 0) is 29.7 Å². The Morgan fingerprint density at radius 1 is 1.20 bits per heavy atom. The van der Waals surface area contributed by atoms with Crippen LogP contribution in [0, 0.1) is 5.41 Å². The normalized spacial score (nSPS) is 15.4. The van der Waals surface area contributed by atoms with Crippen molar-refractivity contribution in [2.75, 3.05) is 7.11 Å². The Bertz CT molecular complexity index is 1220. The van der Waals surface area contributed by atoms with Crippen molar-refractivity contribution in [1.29, 1.82) is 0 Å². The molecule has 0 amide bonds. The zero-order valence-electron chi connectivity index (χ0n) is 17.2. The number of pyridine rings is 1. The first kappa shape index (κ1) is 19.8. The Hall–Kier alpha value is -3.55. The highest BCUT2D eigenvalue weighted by atomic mass is 16.5. The van der Waals surface area contributed by atoms with Crippen molar-refractivity contribution in [3.05, 3.63) is 52.3 Å². The van der Waals surface area contributed by atoms with Crippen LogP contribution < -0.4 is 10.2 Å². The summed E-state index contributed by atoms with van der Waals surface area (Å²) in [6.07, 6.45) is 1.43. The van der Waals surface area contributed by atoms with Gasteiger partial charge < -0.3 is 19.5 Å². The van der Waals surface area contributed by atoms with E-state index in [1.807, 2.05) is 4.57 Å². The van der Waals surface area contributed by atoms with E-state index in [0.717, 1.165) is 0 Å². The van der Waals surface area contributed by atoms with E-state index < -0.39 is 11.4 Å². The third-order valence-corrected chi connectivity index (χ3v) is 5.51. The van der Waals surface area contributed by atoms with Gasteiger partial charge >= 0.3 is 5.97 Å². The molecule has 1 aromatic carbocycles. The fourth-order valence-electron chi connectivity index (χ4n) is 3.86. The average molecular weight is 409 g/mol. The number of benzene rings is 1. The molecule has 0 radical (unpaired) electrons. The van der Waals surface area contributed by atoms with Crippen LogP contribution >= 0.6 is 0 Å². The van der Waals surface area contributed by atoms with E-state index >= 15 is 0 Å². The largest absolute Gasteiger partial charge is 0.507 e. The topological polar surface area (TPSA) is 107 Å². The number of carbonyl (C=O) groups is 1. The maximum atomic E-state index is 12.4. The monoisotopic (exact) mass is 409 g/mol. The fraction of sp³-hybridized carbons (Fsp3) is 0.318. The molecule has 8 nitrogen and oxygen atoms in total. The summed E-state index contributed by atoms with van der Waals surface area (Å²) >= 11 is 0. The predicted octanol–water partition coefficient (Wildman–Crippen LogP) is 3.39. The lowest BCUT2D eigenvalue weighted by Crippen LogP contribution is -2.35. The van der Waals surface area contributed by atoms with Gasteiger partial charge in [-0.1, -0.05) is 20.8 Å². The lowest BCUT2D eigenvalue weighted by Gasteiger charge is -2.38. The van der Waals surface area contributed by atoms with Crippen LogP contribution in [0.4, 0.5) is 0 Å². The number of fused-ring (bicyclic) bond motifs is 3. The SMILES string of the molecule is COc1ccc(O)c(-c2cc3n(n2)C[C@@H](C(C)(C)C)n2cc(C(=O)O)c(=O)cc2-3)c1. The molecule has 1 aliphatic rings. The van der Waals surface area contributed by atoms with Crippen LogP contribution in [0.15, 0.2) is 41.3 Å². The Morgan fingerprint density at radius 2 is 1.93 bits per heavy atom. The van der Waals surface area contributed by atoms with Crippen molar-refractivity contribution in [3.8, 4) is 34.1 Å². The van der Waals surface area contributed by atoms with Gasteiger partial charge in [0.15, 0.2) is 5.43 Å². The minimum atomic E-state index is -1.25. The first-order valence-corrected chi connectivity index (χ1v) is 9.55. The van der Waals surface area contributed by atoms with Crippen molar-refractivity contribution in [2.45, 2.75) is 33.4 Å². The van der Waals surface area contributed by atoms with Gasteiger partial charge in [0.05, 0.1) is 36.8 Å². The molecule has 4 rings (SSSR count). The van der Waals surface area contributed by atoms with E-state index in [4.69, 9.17) is 4.74 Å². The molecule has 0 saturated carbocycles. The molecule has 2 aromatic heterocycles. The number of carboxylic acids is 1. The molecule has 3 aromatic rings. The van der Waals surface area contributed by atoms with Gasteiger partial charge in [0, 0.05) is 17.8 Å². The molecule has 3 heterocycles. The average Bonchev–Trinajstić information content (AvgIpc) is 3.10. The van der Waals surface area contributed by atoms with E-state index in [-0.39, 0.29) is 22.8 Å². The van der Waals surface area contributed by atoms with Crippen molar-refractivity contribution in [1.82, 2.24) is 14.3 Å². The summed E-state index contributed by atoms with van der Waals surface area (Å²) < 4.78 is 8.92. The molecule has 0 aliphatic carbocycles. The van der Waals surface area contributed by atoms with E-state index in [9.17, 15) is 19.8 Å². The molecule has 0 fully saturated rings. The number of aromatic hydroxyl groups is 1. The number of methoxy groups -OCH3 is 1. The fourth-order valence-corrected chi connectivity index (χ4v) is 3.86. The maximum absolute atomic E-state index is 12.4. The van der Waals surface area contributed by atoms with Gasteiger partial charge in [-0.3, -0.25) is 9.48 Å². The van der Waals surface area contributed by atoms with Gasteiger partial charge in [-0.25, -0.2) is 4.79 Å². The Kier molecular flexibility index (Phi) is 4.45. The number of ether oxygens (including phenoxy) is 1. The number of phenolic OH excluding ortho intramolecular Hbond substituents is 1. The maximum Gasteiger partial charge on any atom is 0.341 e. The zero-order valence-corrected chi connectivity index (χ0v) is 17.2. The first-order chi connectivity index (χ1) is 14.1. The molecular weight excluding hydrogens is 386 g/mol. The van der Waals surface area contributed by atoms with Crippen LogP contribution in [-0.2, 0) is 6.54 Å². The quantitative estimate of drug-likeness (QED) is 0.687. The number of aromatic carboxylic acids is 1. The van der Waals surface area contributed by atoms with Crippen LogP contribution in [0.5, 0.6) is 11.5 Å². The van der Waals surface area contributed by atoms with Crippen LogP contribution in [0.3, 0.4) is 0 Å². The Labute approximate surface area is 173 Å². The van der Waals surface area contributed by atoms with Crippen molar-refractivity contribution in [2.24, 2.45) is 5.41 Å². The summed E-state index contributed by atoms with van der Waals surface area (Å²) in [5, 5.41) is 24.4. The second-order valence-corrected chi connectivity index (χ2v) is 8.51. The summed E-state index contributed by atoms with van der Waals surface area (Å²) in [4.78, 5) is 24.0. The highest BCUT2D eigenvalue weighted by Crippen LogP contribution is 2.41. The van der Waals surface area contributed by atoms with Crippen molar-refractivity contribution < 1.29 is 19.7 Å². The molecule has 0 unspecified atom stereocenters. The van der Waals surface area contributed by atoms with Crippen molar-refractivity contribution >= 4 is 5.97 Å². The zero-order chi connectivity index (χ0) is 21.8.